The first-order valence-electron chi connectivity index (χ1n) is 3.01. The molecule has 2 atom stereocenters. The van der Waals surface area contributed by atoms with Crippen LogP contribution in [0, 0.1) is 6.57 Å². The molecule has 0 N–H and O–H groups in total. The number of anilines is 1. The SMILES string of the molecule is [C-]#[N+]c1ccccc1N(P)P. The van der Waals surface area contributed by atoms with Crippen molar-refractivity contribution in [3.63, 3.8) is 0 Å². The average Bonchev–Trinajstić information content (AvgIpc) is 2.04. The predicted octanol–water partition coefficient (Wildman–Crippen LogP) is 2.62. The summed E-state index contributed by atoms with van der Waals surface area (Å²) in [6.07, 6.45) is 0. The predicted molar refractivity (Wildman–Crippen MR) is 54.6 cm³/mol. The summed E-state index contributed by atoms with van der Waals surface area (Å²) in [5.41, 5.74) is 1.56. The molecule has 1 aromatic carbocycles. The quantitative estimate of drug-likeness (QED) is 0.478. The van der Waals surface area contributed by atoms with Crippen LogP contribution in [0.5, 0.6) is 0 Å². The lowest BCUT2D eigenvalue weighted by Crippen LogP contribution is -1.88. The van der Waals surface area contributed by atoms with Gasteiger partial charge in [0.25, 0.3) is 0 Å². The van der Waals surface area contributed by atoms with E-state index in [0.29, 0.717) is 5.69 Å². The zero-order chi connectivity index (χ0) is 8.27. The molecule has 11 heavy (non-hydrogen) atoms. The minimum absolute atomic E-state index is 0.664. The first-order chi connectivity index (χ1) is 5.25. The number of para-hydroxylation sites is 2. The van der Waals surface area contributed by atoms with E-state index in [0.717, 1.165) is 5.69 Å². The zero-order valence-corrected chi connectivity index (χ0v) is 8.17. The third-order valence-electron chi connectivity index (χ3n) is 1.28. The van der Waals surface area contributed by atoms with Crippen molar-refractivity contribution in [3.05, 3.63) is 35.7 Å². The Labute approximate surface area is 70.9 Å². The molecule has 0 saturated carbocycles. The van der Waals surface area contributed by atoms with E-state index in [1.807, 2.05) is 18.2 Å². The summed E-state index contributed by atoms with van der Waals surface area (Å²) in [6.45, 7) is 6.86. The Morgan fingerprint density at radius 3 is 2.36 bits per heavy atom. The highest BCUT2D eigenvalue weighted by molar-refractivity contribution is 7.39. The Morgan fingerprint density at radius 2 is 1.91 bits per heavy atom. The topological polar surface area (TPSA) is 7.60 Å². The van der Waals surface area contributed by atoms with Gasteiger partial charge in [0, 0.05) is 5.69 Å². The van der Waals surface area contributed by atoms with Crippen LogP contribution in [0.15, 0.2) is 24.3 Å². The van der Waals surface area contributed by atoms with Gasteiger partial charge in [0.05, 0.1) is 6.57 Å². The van der Waals surface area contributed by atoms with Gasteiger partial charge in [-0.25, -0.2) is 4.85 Å². The Hall–Kier alpha value is -0.630. The van der Waals surface area contributed by atoms with Crippen molar-refractivity contribution in [1.82, 2.24) is 0 Å². The van der Waals surface area contributed by atoms with Gasteiger partial charge in [-0.1, -0.05) is 18.2 Å². The Balaban J connectivity index is 3.15. The van der Waals surface area contributed by atoms with Gasteiger partial charge < -0.3 is 4.44 Å². The summed E-state index contributed by atoms with van der Waals surface area (Å²) in [7, 11) is 4.98. The summed E-state index contributed by atoms with van der Waals surface area (Å²) < 4.78 is 1.77. The molecule has 56 valence electrons. The van der Waals surface area contributed by atoms with Crippen LogP contribution in [0.1, 0.15) is 0 Å². The molecular formula is C7H8N2P2. The van der Waals surface area contributed by atoms with Crippen LogP contribution in [-0.2, 0) is 0 Å². The Kier molecular flexibility index (Phi) is 2.83. The van der Waals surface area contributed by atoms with Crippen LogP contribution in [-0.4, -0.2) is 0 Å². The lowest BCUT2D eigenvalue weighted by molar-refractivity contribution is 1.62. The minimum atomic E-state index is 0.664. The molecule has 0 fully saturated rings. The average molecular weight is 182 g/mol. The normalized spacial score (nSPS) is 8.82. The van der Waals surface area contributed by atoms with Crippen LogP contribution >= 0.6 is 18.8 Å². The summed E-state index contributed by atoms with van der Waals surface area (Å²) in [6, 6.07) is 7.46. The van der Waals surface area contributed by atoms with Crippen molar-refractivity contribution in [2.45, 2.75) is 0 Å². The molecule has 0 aliphatic rings. The first-order valence-corrected chi connectivity index (χ1v) is 4.05. The van der Waals surface area contributed by atoms with Crippen molar-refractivity contribution < 1.29 is 0 Å². The minimum Gasteiger partial charge on any atom is -0.350 e. The second-order valence-corrected chi connectivity index (χ2v) is 3.72. The molecule has 0 aliphatic carbocycles. The standard InChI is InChI=1S/C7H8N2P2/c1-8-6-4-2-3-5-7(6)9(10)11/h2-5H,10-11H2. The van der Waals surface area contributed by atoms with E-state index in [1.165, 1.54) is 0 Å². The van der Waals surface area contributed by atoms with E-state index in [9.17, 15) is 0 Å². The van der Waals surface area contributed by atoms with Gasteiger partial charge in [-0.05, 0) is 24.8 Å². The highest BCUT2D eigenvalue weighted by Crippen LogP contribution is 2.32. The second kappa shape index (κ2) is 3.67. The lowest BCUT2D eigenvalue weighted by atomic mass is 10.3. The Bertz CT molecular complexity index is 291. The molecular weight excluding hydrogens is 174 g/mol. The van der Waals surface area contributed by atoms with Gasteiger partial charge in [-0.15, -0.1) is 0 Å². The summed E-state index contributed by atoms with van der Waals surface area (Å²) in [5, 5.41) is 0. The Morgan fingerprint density at radius 1 is 1.27 bits per heavy atom. The van der Waals surface area contributed by atoms with E-state index in [2.05, 4.69) is 23.6 Å². The van der Waals surface area contributed by atoms with Crippen molar-refractivity contribution in [1.29, 1.82) is 0 Å². The maximum atomic E-state index is 6.86. The number of rotatable bonds is 1. The van der Waals surface area contributed by atoms with E-state index in [-0.39, 0.29) is 0 Å². The fourth-order valence-electron chi connectivity index (χ4n) is 0.777. The molecule has 0 amide bonds. The van der Waals surface area contributed by atoms with Crippen molar-refractivity contribution in [2.24, 2.45) is 0 Å². The van der Waals surface area contributed by atoms with Crippen LogP contribution in [0.25, 0.3) is 4.85 Å². The van der Waals surface area contributed by atoms with Crippen molar-refractivity contribution in [3.8, 4) is 0 Å². The largest absolute Gasteiger partial charge is 0.350 e. The number of benzene rings is 1. The molecule has 2 unspecified atom stereocenters. The second-order valence-electron chi connectivity index (χ2n) is 2.01. The molecule has 0 aliphatic heterocycles. The number of hydrogen-bond donors (Lipinski definition) is 0. The summed E-state index contributed by atoms with van der Waals surface area (Å²) in [4.78, 5) is 3.37. The van der Waals surface area contributed by atoms with Gasteiger partial charge in [0.2, 0.25) is 5.69 Å². The highest BCUT2D eigenvalue weighted by Gasteiger charge is 2.00. The van der Waals surface area contributed by atoms with E-state index in [1.54, 1.807) is 10.5 Å². The maximum absolute atomic E-state index is 6.86. The molecule has 0 radical (unpaired) electrons. The van der Waals surface area contributed by atoms with E-state index in [4.69, 9.17) is 6.57 Å². The number of nitrogens with zero attached hydrogens (tertiary/aromatic N) is 2. The molecule has 4 heteroatoms. The fourth-order valence-corrected chi connectivity index (χ4v) is 1.21. The maximum Gasteiger partial charge on any atom is 0.210 e. The third-order valence-corrected chi connectivity index (χ3v) is 1.84. The number of hydrogen-bond acceptors (Lipinski definition) is 1. The monoisotopic (exact) mass is 182 g/mol. The van der Waals surface area contributed by atoms with E-state index < -0.39 is 0 Å². The van der Waals surface area contributed by atoms with Crippen molar-refractivity contribution in [2.75, 3.05) is 4.44 Å². The van der Waals surface area contributed by atoms with Gasteiger partial charge in [-0.2, -0.15) is 0 Å². The smallest absolute Gasteiger partial charge is 0.210 e. The first kappa shape index (κ1) is 8.47. The molecule has 0 bridgehead atoms. The van der Waals surface area contributed by atoms with E-state index >= 15 is 0 Å². The zero-order valence-electron chi connectivity index (χ0n) is 5.86. The van der Waals surface area contributed by atoms with Gasteiger partial charge >= 0.3 is 0 Å². The highest BCUT2D eigenvalue weighted by atomic mass is 31.1. The fraction of sp³-hybridized carbons (Fsp3) is 0. The molecule has 0 spiro atoms. The van der Waals surface area contributed by atoms with Crippen LogP contribution in [0.3, 0.4) is 0 Å². The third kappa shape index (κ3) is 1.90. The van der Waals surface area contributed by atoms with Gasteiger partial charge in [-0.3, -0.25) is 0 Å². The molecule has 0 aromatic heterocycles. The van der Waals surface area contributed by atoms with Crippen LogP contribution in [0.4, 0.5) is 11.4 Å². The van der Waals surface area contributed by atoms with Crippen molar-refractivity contribution >= 4 is 30.2 Å². The molecule has 1 rings (SSSR count). The lowest BCUT2D eigenvalue weighted by Gasteiger charge is -2.12. The van der Waals surface area contributed by atoms with Crippen LogP contribution < -0.4 is 4.44 Å². The van der Waals surface area contributed by atoms with Crippen LogP contribution in [0.2, 0.25) is 0 Å². The summed E-state index contributed by atoms with van der Waals surface area (Å²) >= 11 is 0. The van der Waals surface area contributed by atoms with Gasteiger partial charge in [0.1, 0.15) is 0 Å². The molecule has 0 heterocycles. The molecule has 1 aromatic rings. The summed E-state index contributed by atoms with van der Waals surface area (Å²) in [5.74, 6) is 0. The molecule has 2 nitrogen and oxygen atoms in total. The molecule has 0 saturated heterocycles. The van der Waals surface area contributed by atoms with Gasteiger partial charge in [0.15, 0.2) is 0 Å².